The first-order valence-electron chi connectivity index (χ1n) is 7.71. The normalized spacial score (nSPS) is 23.4. The number of carbonyl (C=O) groups excluding carboxylic acids is 2. The number of hydrogen-bond acceptors (Lipinski definition) is 4. The second-order valence-corrected chi connectivity index (χ2v) is 5.84. The van der Waals surface area contributed by atoms with Crippen LogP contribution in [0.1, 0.15) is 25.3 Å². The number of nitrogens with zero attached hydrogens (tertiary/aromatic N) is 1. The molecule has 1 saturated heterocycles. The summed E-state index contributed by atoms with van der Waals surface area (Å²) in [4.78, 5) is 26.3. The Bertz CT molecular complexity index is 572. The maximum Gasteiger partial charge on any atom is 0.411 e. The van der Waals surface area contributed by atoms with Crippen molar-refractivity contribution in [1.29, 1.82) is 0 Å². The van der Waals surface area contributed by atoms with Gasteiger partial charge in [-0.1, -0.05) is 36.4 Å². The minimum absolute atomic E-state index is 0.0169. The SMILES string of the molecule is C=CC[C@@H]1CCN(C(=O)OCc2ccccc2)[C@]1(C)C(=O)OC. The van der Waals surface area contributed by atoms with Crippen LogP contribution in [0.25, 0.3) is 0 Å². The topological polar surface area (TPSA) is 55.8 Å². The molecule has 5 heteroatoms. The van der Waals surface area contributed by atoms with Crippen LogP contribution in [0, 0.1) is 5.92 Å². The highest BCUT2D eigenvalue weighted by molar-refractivity contribution is 5.86. The molecule has 1 aromatic carbocycles. The predicted octanol–water partition coefficient (Wildman–Crippen LogP) is 3.15. The van der Waals surface area contributed by atoms with E-state index in [1.54, 1.807) is 13.0 Å². The first-order chi connectivity index (χ1) is 11.0. The molecule has 2 atom stereocenters. The Labute approximate surface area is 136 Å². The summed E-state index contributed by atoms with van der Waals surface area (Å²) in [5.41, 5.74) is -0.112. The summed E-state index contributed by atoms with van der Waals surface area (Å²) in [7, 11) is 1.34. The monoisotopic (exact) mass is 317 g/mol. The lowest BCUT2D eigenvalue weighted by molar-refractivity contribution is -0.153. The standard InChI is InChI=1S/C18H23NO4/c1-4-8-15-11-12-19(18(15,2)16(20)22-3)17(21)23-13-14-9-6-5-7-10-14/h4-7,9-10,15H,1,8,11-13H2,2-3H3/t15-,18+/m1/s1. The highest BCUT2D eigenvalue weighted by atomic mass is 16.6. The van der Waals surface area contributed by atoms with Crippen molar-refractivity contribution in [2.75, 3.05) is 13.7 Å². The fraction of sp³-hybridized carbons (Fsp3) is 0.444. The van der Waals surface area contributed by atoms with E-state index in [4.69, 9.17) is 9.47 Å². The van der Waals surface area contributed by atoms with Crippen molar-refractivity contribution in [2.24, 2.45) is 5.92 Å². The van der Waals surface area contributed by atoms with Crippen LogP contribution < -0.4 is 0 Å². The molecule has 0 radical (unpaired) electrons. The van der Waals surface area contributed by atoms with Crippen LogP contribution in [0.15, 0.2) is 43.0 Å². The molecule has 1 aromatic rings. The molecule has 1 fully saturated rings. The third-order valence-electron chi connectivity index (χ3n) is 4.53. The largest absolute Gasteiger partial charge is 0.467 e. The summed E-state index contributed by atoms with van der Waals surface area (Å²) in [6, 6.07) is 9.45. The van der Waals surface area contributed by atoms with Gasteiger partial charge in [0.25, 0.3) is 0 Å². The van der Waals surface area contributed by atoms with Crippen molar-refractivity contribution in [3.8, 4) is 0 Å². The third kappa shape index (κ3) is 3.38. The third-order valence-corrected chi connectivity index (χ3v) is 4.53. The number of methoxy groups -OCH3 is 1. The van der Waals surface area contributed by atoms with Gasteiger partial charge in [-0.25, -0.2) is 9.59 Å². The molecule has 5 nitrogen and oxygen atoms in total. The molecule has 124 valence electrons. The number of rotatable bonds is 5. The van der Waals surface area contributed by atoms with E-state index in [2.05, 4.69) is 6.58 Å². The van der Waals surface area contributed by atoms with Gasteiger partial charge in [0.05, 0.1) is 7.11 Å². The lowest BCUT2D eigenvalue weighted by atomic mass is 9.84. The van der Waals surface area contributed by atoms with E-state index in [1.165, 1.54) is 12.0 Å². The molecule has 0 aliphatic carbocycles. The van der Waals surface area contributed by atoms with Crippen LogP contribution in [0.3, 0.4) is 0 Å². The van der Waals surface area contributed by atoms with Gasteiger partial charge in [0.15, 0.2) is 0 Å². The number of hydrogen-bond donors (Lipinski definition) is 0. The first kappa shape index (κ1) is 17.1. The Balaban J connectivity index is 2.11. The summed E-state index contributed by atoms with van der Waals surface area (Å²) in [6.07, 6.45) is 2.64. The summed E-state index contributed by atoms with van der Waals surface area (Å²) < 4.78 is 10.3. The summed E-state index contributed by atoms with van der Waals surface area (Å²) in [6.45, 7) is 6.12. The lowest BCUT2D eigenvalue weighted by Crippen LogP contribution is -2.54. The number of amides is 1. The Kier molecular flexibility index (Phi) is 5.42. The number of allylic oxidation sites excluding steroid dienone is 1. The number of carbonyl (C=O) groups is 2. The van der Waals surface area contributed by atoms with Gasteiger partial charge in [-0.05, 0) is 31.2 Å². The van der Waals surface area contributed by atoms with Crippen LogP contribution in [0.2, 0.25) is 0 Å². The maximum atomic E-state index is 12.5. The summed E-state index contributed by atoms with van der Waals surface area (Å²) >= 11 is 0. The molecule has 0 N–H and O–H groups in total. The van der Waals surface area contributed by atoms with Gasteiger partial charge in [0.1, 0.15) is 12.1 Å². The Morgan fingerprint density at radius 1 is 1.39 bits per heavy atom. The Morgan fingerprint density at radius 2 is 2.09 bits per heavy atom. The molecule has 0 unspecified atom stereocenters. The second kappa shape index (κ2) is 7.31. The van der Waals surface area contributed by atoms with Crippen molar-refractivity contribution in [1.82, 2.24) is 4.90 Å². The average molecular weight is 317 g/mol. The van der Waals surface area contributed by atoms with E-state index in [-0.39, 0.29) is 12.5 Å². The van der Waals surface area contributed by atoms with Crippen molar-refractivity contribution in [2.45, 2.75) is 31.9 Å². The summed E-state index contributed by atoms with van der Waals surface area (Å²) in [5.74, 6) is -0.435. The van der Waals surface area contributed by atoms with Gasteiger partial charge < -0.3 is 9.47 Å². The molecule has 1 aliphatic heterocycles. The Hall–Kier alpha value is -2.30. The molecule has 0 aromatic heterocycles. The van der Waals surface area contributed by atoms with Crippen LogP contribution in [-0.2, 0) is 20.9 Å². The van der Waals surface area contributed by atoms with E-state index in [9.17, 15) is 9.59 Å². The molecule has 23 heavy (non-hydrogen) atoms. The number of esters is 1. The van der Waals surface area contributed by atoms with Crippen molar-refractivity contribution < 1.29 is 19.1 Å². The van der Waals surface area contributed by atoms with Gasteiger partial charge in [-0.2, -0.15) is 0 Å². The van der Waals surface area contributed by atoms with Gasteiger partial charge in [-0.15, -0.1) is 6.58 Å². The highest BCUT2D eigenvalue weighted by Crippen LogP contribution is 2.38. The zero-order valence-corrected chi connectivity index (χ0v) is 13.7. The predicted molar refractivity (Wildman–Crippen MR) is 86.7 cm³/mol. The number of ether oxygens (including phenoxy) is 2. The smallest absolute Gasteiger partial charge is 0.411 e. The molecular formula is C18H23NO4. The summed E-state index contributed by atoms with van der Waals surface area (Å²) in [5, 5.41) is 0. The molecule has 0 bridgehead atoms. The van der Waals surface area contributed by atoms with Crippen LogP contribution >= 0.6 is 0 Å². The lowest BCUT2D eigenvalue weighted by Gasteiger charge is -2.35. The minimum atomic E-state index is -1.02. The van der Waals surface area contributed by atoms with Gasteiger partial charge >= 0.3 is 12.1 Å². The number of benzene rings is 1. The number of likely N-dealkylation sites (tertiary alicyclic amines) is 1. The molecule has 1 amide bonds. The molecule has 1 heterocycles. The van der Waals surface area contributed by atoms with Crippen LogP contribution in [0.5, 0.6) is 0 Å². The molecular weight excluding hydrogens is 294 g/mol. The van der Waals surface area contributed by atoms with E-state index in [0.717, 1.165) is 12.0 Å². The maximum absolute atomic E-state index is 12.5. The van der Waals surface area contributed by atoms with E-state index < -0.39 is 17.6 Å². The van der Waals surface area contributed by atoms with Crippen LogP contribution in [0.4, 0.5) is 4.79 Å². The van der Waals surface area contributed by atoms with Gasteiger partial charge in [0, 0.05) is 6.54 Å². The van der Waals surface area contributed by atoms with E-state index in [0.29, 0.717) is 13.0 Å². The van der Waals surface area contributed by atoms with Crippen molar-refractivity contribution in [3.05, 3.63) is 48.6 Å². The van der Waals surface area contributed by atoms with E-state index in [1.807, 2.05) is 30.3 Å². The Morgan fingerprint density at radius 3 is 2.70 bits per heavy atom. The molecule has 2 rings (SSSR count). The van der Waals surface area contributed by atoms with Crippen molar-refractivity contribution >= 4 is 12.1 Å². The second-order valence-electron chi connectivity index (χ2n) is 5.84. The average Bonchev–Trinajstić information content (AvgIpc) is 2.91. The fourth-order valence-electron chi connectivity index (χ4n) is 3.13. The van der Waals surface area contributed by atoms with Crippen molar-refractivity contribution in [3.63, 3.8) is 0 Å². The zero-order valence-electron chi connectivity index (χ0n) is 13.7. The fourth-order valence-corrected chi connectivity index (χ4v) is 3.13. The minimum Gasteiger partial charge on any atom is -0.467 e. The first-order valence-corrected chi connectivity index (χ1v) is 7.71. The molecule has 1 aliphatic rings. The van der Waals surface area contributed by atoms with Gasteiger partial charge in [0.2, 0.25) is 0 Å². The quantitative estimate of drug-likeness (QED) is 0.618. The highest BCUT2D eigenvalue weighted by Gasteiger charge is 2.53. The molecule has 0 saturated carbocycles. The zero-order chi connectivity index (χ0) is 16.9. The van der Waals surface area contributed by atoms with Crippen LogP contribution in [-0.4, -0.2) is 36.2 Å². The van der Waals surface area contributed by atoms with Gasteiger partial charge in [-0.3, -0.25) is 4.90 Å². The molecule has 0 spiro atoms. The van der Waals surface area contributed by atoms with E-state index >= 15 is 0 Å².